The zero-order valence-electron chi connectivity index (χ0n) is 13.5. The van der Waals surface area contributed by atoms with Gasteiger partial charge in [0.2, 0.25) is 5.88 Å². The molecule has 0 aromatic carbocycles. The van der Waals surface area contributed by atoms with Crippen molar-refractivity contribution in [3.63, 3.8) is 0 Å². The molecule has 0 saturated heterocycles. The molecular weight excluding hydrogens is 282 g/mol. The van der Waals surface area contributed by atoms with Gasteiger partial charge in [-0.05, 0) is 44.9 Å². The SMILES string of the molecule is COc1nc(C2=CCN(C(=O)OC(C)(C)C)CC2)ccc1N. The van der Waals surface area contributed by atoms with Crippen molar-refractivity contribution in [3.05, 3.63) is 23.9 Å². The largest absolute Gasteiger partial charge is 0.480 e. The number of ether oxygens (including phenoxy) is 2. The summed E-state index contributed by atoms with van der Waals surface area (Å²) in [6, 6.07) is 3.65. The number of nitrogens with two attached hydrogens (primary N) is 1. The van der Waals surface area contributed by atoms with E-state index in [1.54, 1.807) is 18.1 Å². The minimum absolute atomic E-state index is 0.286. The van der Waals surface area contributed by atoms with Crippen molar-refractivity contribution < 1.29 is 14.3 Å². The van der Waals surface area contributed by atoms with Crippen LogP contribution in [0.3, 0.4) is 0 Å². The summed E-state index contributed by atoms with van der Waals surface area (Å²) in [6.45, 7) is 6.70. The van der Waals surface area contributed by atoms with Crippen LogP contribution in [-0.2, 0) is 4.74 Å². The normalized spacial score (nSPS) is 15.3. The summed E-state index contributed by atoms with van der Waals surface area (Å²) in [5.41, 5.74) is 7.72. The summed E-state index contributed by atoms with van der Waals surface area (Å²) in [6.07, 6.45) is 2.43. The van der Waals surface area contributed by atoms with E-state index in [1.807, 2.05) is 32.9 Å². The van der Waals surface area contributed by atoms with Crippen LogP contribution in [0.5, 0.6) is 5.88 Å². The van der Waals surface area contributed by atoms with E-state index in [4.69, 9.17) is 15.2 Å². The highest BCUT2D eigenvalue weighted by Crippen LogP contribution is 2.26. The summed E-state index contributed by atoms with van der Waals surface area (Å²) in [4.78, 5) is 18.1. The Balaban J connectivity index is 2.07. The number of pyridine rings is 1. The molecule has 0 radical (unpaired) electrons. The van der Waals surface area contributed by atoms with Crippen molar-refractivity contribution in [2.45, 2.75) is 32.8 Å². The molecule has 2 N–H and O–H groups in total. The second-order valence-electron chi connectivity index (χ2n) is 6.20. The molecule has 6 heteroatoms. The molecule has 0 bridgehead atoms. The topological polar surface area (TPSA) is 77.7 Å². The first kappa shape index (κ1) is 16.1. The van der Waals surface area contributed by atoms with Gasteiger partial charge < -0.3 is 20.1 Å². The van der Waals surface area contributed by atoms with Crippen LogP contribution in [0.25, 0.3) is 5.57 Å². The third-order valence-corrected chi connectivity index (χ3v) is 3.27. The number of methoxy groups -OCH3 is 1. The van der Waals surface area contributed by atoms with Crippen molar-refractivity contribution in [2.75, 3.05) is 25.9 Å². The summed E-state index contributed by atoms with van der Waals surface area (Å²) < 4.78 is 10.5. The maximum atomic E-state index is 12.0. The highest BCUT2D eigenvalue weighted by atomic mass is 16.6. The quantitative estimate of drug-likeness (QED) is 0.909. The van der Waals surface area contributed by atoms with E-state index >= 15 is 0 Å². The fraction of sp³-hybridized carbons (Fsp3) is 0.500. The summed E-state index contributed by atoms with van der Waals surface area (Å²) in [7, 11) is 1.54. The highest BCUT2D eigenvalue weighted by Gasteiger charge is 2.24. The molecule has 1 aromatic rings. The predicted octanol–water partition coefficient (Wildman–Crippen LogP) is 2.70. The number of carbonyl (C=O) groups excluding carboxylic acids is 1. The minimum Gasteiger partial charge on any atom is -0.480 e. The van der Waals surface area contributed by atoms with Crippen LogP contribution >= 0.6 is 0 Å². The number of carbonyl (C=O) groups is 1. The lowest BCUT2D eigenvalue weighted by atomic mass is 10.0. The molecule has 0 unspecified atom stereocenters. The fourth-order valence-electron chi connectivity index (χ4n) is 2.19. The Bertz CT molecular complexity index is 591. The molecule has 0 spiro atoms. The smallest absolute Gasteiger partial charge is 0.410 e. The Labute approximate surface area is 130 Å². The summed E-state index contributed by atoms with van der Waals surface area (Å²) in [5, 5.41) is 0. The van der Waals surface area contributed by atoms with Crippen molar-refractivity contribution in [1.82, 2.24) is 9.88 Å². The first-order chi connectivity index (χ1) is 10.3. The minimum atomic E-state index is -0.479. The fourth-order valence-corrected chi connectivity index (χ4v) is 2.19. The van der Waals surface area contributed by atoms with Gasteiger partial charge in [-0.1, -0.05) is 6.08 Å². The van der Waals surface area contributed by atoms with Gasteiger partial charge in [-0.15, -0.1) is 0 Å². The molecule has 0 fully saturated rings. The Kier molecular flexibility index (Phi) is 4.59. The number of anilines is 1. The number of rotatable bonds is 2. The molecule has 0 aliphatic carbocycles. The standard InChI is InChI=1S/C16H23N3O3/c1-16(2,3)22-15(20)19-9-7-11(8-10-19)13-6-5-12(17)14(18-13)21-4/h5-7H,8-10,17H2,1-4H3. The second kappa shape index (κ2) is 6.25. The van der Waals surface area contributed by atoms with Gasteiger partial charge in [-0.2, -0.15) is 0 Å². The van der Waals surface area contributed by atoms with Crippen LogP contribution < -0.4 is 10.5 Å². The first-order valence-electron chi connectivity index (χ1n) is 7.28. The van der Waals surface area contributed by atoms with E-state index < -0.39 is 5.60 Å². The van der Waals surface area contributed by atoms with Gasteiger partial charge in [0.1, 0.15) is 5.60 Å². The maximum Gasteiger partial charge on any atom is 0.410 e. The van der Waals surface area contributed by atoms with Crippen LogP contribution in [0, 0.1) is 0 Å². The van der Waals surface area contributed by atoms with Gasteiger partial charge in [-0.3, -0.25) is 0 Å². The lowest BCUT2D eigenvalue weighted by Crippen LogP contribution is -2.39. The van der Waals surface area contributed by atoms with E-state index in [0.29, 0.717) is 24.7 Å². The number of hydrogen-bond acceptors (Lipinski definition) is 5. The van der Waals surface area contributed by atoms with E-state index in [-0.39, 0.29) is 6.09 Å². The predicted molar refractivity (Wildman–Crippen MR) is 85.6 cm³/mol. The van der Waals surface area contributed by atoms with Gasteiger partial charge >= 0.3 is 6.09 Å². The van der Waals surface area contributed by atoms with Crippen LogP contribution in [0.1, 0.15) is 32.9 Å². The molecule has 2 heterocycles. The van der Waals surface area contributed by atoms with E-state index in [9.17, 15) is 4.79 Å². The van der Waals surface area contributed by atoms with Gasteiger partial charge in [-0.25, -0.2) is 9.78 Å². The number of amides is 1. The zero-order valence-corrected chi connectivity index (χ0v) is 13.5. The molecule has 2 rings (SSSR count). The lowest BCUT2D eigenvalue weighted by molar-refractivity contribution is 0.0270. The molecule has 0 atom stereocenters. The number of nitrogen functional groups attached to an aromatic ring is 1. The molecular formula is C16H23N3O3. The Morgan fingerprint density at radius 1 is 1.36 bits per heavy atom. The second-order valence-corrected chi connectivity index (χ2v) is 6.20. The molecule has 1 amide bonds. The Morgan fingerprint density at radius 2 is 2.09 bits per heavy atom. The number of aromatic nitrogens is 1. The van der Waals surface area contributed by atoms with Gasteiger partial charge in [0.25, 0.3) is 0 Å². The van der Waals surface area contributed by atoms with Gasteiger partial charge in [0, 0.05) is 13.1 Å². The van der Waals surface area contributed by atoms with Crippen LogP contribution in [0.2, 0.25) is 0 Å². The van der Waals surface area contributed by atoms with Crippen molar-refractivity contribution in [3.8, 4) is 5.88 Å². The summed E-state index contributed by atoms with van der Waals surface area (Å²) >= 11 is 0. The molecule has 0 saturated carbocycles. The molecule has 22 heavy (non-hydrogen) atoms. The third kappa shape index (κ3) is 3.90. The van der Waals surface area contributed by atoms with Gasteiger partial charge in [0.05, 0.1) is 18.5 Å². The molecule has 6 nitrogen and oxygen atoms in total. The average molecular weight is 305 g/mol. The van der Waals surface area contributed by atoms with Crippen LogP contribution in [-0.4, -0.2) is 41.8 Å². The molecule has 1 aliphatic heterocycles. The average Bonchev–Trinajstić information content (AvgIpc) is 2.46. The molecule has 120 valence electrons. The number of nitrogens with zero attached hydrogens (tertiary/aromatic N) is 2. The number of hydrogen-bond donors (Lipinski definition) is 1. The molecule has 1 aliphatic rings. The zero-order chi connectivity index (χ0) is 16.3. The van der Waals surface area contributed by atoms with Gasteiger partial charge in [0.15, 0.2) is 0 Å². The van der Waals surface area contributed by atoms with Crippen molar-refractivity contribution in [2.24, 2.45) is 0 Å². The Morgan fingerprint density at radius 3 is 2.64 bits per heavy atom. The first-order valence-corrected chi connectivity index (χ1v) is 7.28. The van der Waals surface area contributed by atoms with Crippen molar-refractivity contribution >= 4 is 17.4 Å². The third-order valence-electron chi connectivity index (χ3n) is 3.27. The van der Waals surface area contributed by atoms with Crippen LogP contribution in [0.15, 0.2) is 18.2 Å². The molecule has 1 aromatic heterocycles. The summed E-state index contributed by atoms with van der Waals surface area (Å²) in [5.74, 6) is 0.424. The van der Waals surface area contributed by atoms with E-state index in [2.05, 4.69) is 4.98 Å². The maximum absolute atomic E-state index is 12.0. The Hall–Kier alpha value is -2.24. The highest BCUT2D eigenvalue weighted by molar-refractivity contribution is 5.72. The van der Waals surface area contributed by atoms with E-state index in [1.165, 1.54) is 0 Å². The monoisotopic (exact) mass is 305 g/mol. The van der Waals surface area contributed by atoms with Crippen LogP contribution in [0.4, 0.5) is 10.5 Å². The lowest BCUT2D eigenvalue weighted by Gasteiger charge is -2.29. The van der Waals surface area contributed by atoms with E-state index in [0.717, 1.165) is 17.7 Å². The van der Waals surface area contributed by atoms with Crippen molar-refractivity contribution in [1.29, 1.82) is 0 Å².